The zero-order valence-electron chi connectivity index (χ0n) is 13.5. The van der Waals surface area contributed by atoms with E-state index in [1.165, 1.54) is 11.3 Å². The highest BCUT2D eigenvalue weighted by Gasteiger charge is 2.07. The van der Waals surface area contributed by atoms with Crippen molar-refractivity contribution in [1.82, 2.24) is 4.57 Å². The Morgan fingerprint density at radius 2 is 1.88 bits per heavy atom. The summed E-state index contributed by atoms with van der Waals surface area (Å²) in [5, 5.41) is 1.40. The minimum atomic E-state index is -0.110. The molecule has 0 aliphatic rings. The van der Waals surface area contributed by atoms with E-state index in [-0.39, 0.29) is 5.91 Å². The van der Waals surface area contributed by atoms with E-state index in [1.54, 1.807) is 11.8 Å². The number of hydrogen-bond acceptors (Lipinski definition) is 3. The molecule has 0 aliphatic heterocycles. The van der Waals surface area contributed by atoms with Crippen LogP contribution in [-0.2, 0) is 11.3 Å². The molecule has 0 aliphatic carbocycles. The number of aromatic nitrogens is 1. The Morgan fingerprint density at radius 3 is 2.60 bits per heavy atom. The first-order chi connectivity index (χ1) is 12.1. The quantitative estimate of drug-likeness (QED) is 0.510. The average Bonchev–Trinajstić information content (AvgIpc) is 2.92. The van der Waals surface area contributed by atoms with E-state index in [4.69, 9.17) is 23.2 Å². The highest BCUT2D eigenvalue weighted by atomic mass is 35.5. The van der Waals surface area contributed by atoms with Gasteiger partial charge in [-0.15, -0.1) is 11.8 Å². The molecule has 0 saturated heterocycles. The van der Waals surface area contributed by atoms with Gasteiger partial charge < -0.3 is 4.57 Å². The van der Waals surface area contributed by atoms with Gasteiger partial charge in [-0.25, -0.2) is 0 Å². The Morgan fingerprint density at radius 1 is 1.16 bits per heavy atom. The fourth-order valence-corrected chi connectivity index (χ4v) is 4.74. The van der Waals surface area contributed by atoms with Gasteiger partial charge in [0, 0.05) is 33.7 Å². The van der Waals surface area contributed by atoms with E-state index in [2.05, 4.69) is 4.99 Å². The third kappa shape index (κ3) is 4.67. The summed E-state index contributed by atoms with van der Waals surface area (Å²) in [4.78, 5) is 18.4. The summed E-state index contributed by atoms with van der Waals surface area (Å²) < 4.78 is 3.08. The molecule has 0 spiro atoms. The van der Waals surface area contributed by atoms with E-state index in [9.17, 15) is 4.79 Å². The van der Waals surface area contributed by atoms with Crippen LogP contribution < -0.4 is 4.80 Å². The van der Waals surface area contributed by atoms with E-state index in [0.717, 1.165) is 26.5 Å². The number of nitrogens with zero attached hydrogens (tertiary/aromatic N) is 2. The summed E-state index contributed by atoms with van der Waals surface area (Å²) in [5.41, 5.74) is 1.05. The van der Waals surface area contributed by atoms with Crippen LogP contribution in [0.2, 0.25) is 10.0 Å². The fraction of sp³-hybridized carbons (Fsp3) is 0.222. The third-order valence-electron chi connectivity index (χ3n) is 3.58. The van der Waals surface area contributed by atoms with Crippen LogP contribution in [-0.4, -0.2) is 16.2 Å². The number of aryl methyl sites for hydroxylation is 1. The summed E-state index contributed by atoms with van der Waals surface area (Å²) >= 11 is 15.0. The Kier molecular flexibility index (Phi) is 6.23. The summed E-state index contributed by atoms with van der Waals surface area (Å²) in [5.74, 6) is 0.577. The monoisotopic (exact) mass is 410 g/mol. The van der Waals surface area contributed by atoms with Crippen molar-refractivity contribution in [3.05, 3.63) is 57.3 Å². The molecule has 0 bridgehead atoms. The second-order valence-electron chi connectivity index (χ2n) is 5.30. The molecule has 1 amide bonds. The molecule has 25 heavy (non-hydrogen) atoms. The van der Waals surface area contributed by atoms with E-state index in [0.29, 0.717) is 22.2 Å². The zero-order chi connectivity index (χ0) is 17.8. The predicted molar refractivity (Wildman–Crippen MR) is 108 cm³/mol. The van der Waals surface area contributed by atoms with Gasteiger partial charge in [0.15, 0.2) is 4.80 Å². The number of fused-ring (bicyclic) bond motifs is 1. The van der Waals surface area contributed by atoms with Gasteiger partial charge in [-0.05, 0) is 49.4 Å². The van der Waals surface area contributed by atoms with E-state index >= 15 is 0 Å². The van der Waals surface area contributed by atoms with Crippen LogP contribution in [0.3, 0.4) is 0 Å². The lowest BCUT2D eigenvalue weighted by Gasteiger charge is -2.01. The molecule has 1 heterocycles. The van der Waals surface area contributed by atoms with Gasteiger partial charge in [-0.1, -0.05) is 34.5 Å². The average molecular weight is 411 g/mol. The number of carbonyl (C=O) groups excluding carboxylic acids is 1. The fourth-order valence-electron chi connectivity index (χ4n) is 2.39. The van der Waals surface area contributed by atoms with Crippen LogP contribution in [0, 0.1) is 0 Å². The minimum absolute atomic E-state index is 0.110. The maximum absolute atomic E-state index is 12.2. The van der Waals surface area contributed by atoms with Crippen molar-refractivity contribution in [3.63, 3.8) is 0 Å². The van der Waals surface area contributed by atoms with Crippen LogP contribution in [0.4, 0.5) is 0 Å². The number of amides is 1. The summed E-state index contributed by atoms with van der Waals surface area (Å²) in [7, 11) is 0. The standard InChI is InChI=1S/C18H16Cl2N2OS2/c1-2-22-15-8-5-13(20)11-16(15)25-18(22)21-17(23)9-10-24-14-6-3-12(19)4-7-14/h3-8,11H,2,9-10H2,1H3. The maximum atomic E-state index is 12.2. The third-order valence-corrected chi connectivity index (χ3v) is 6.12. The van der Waals surface area contributed by atoms with Gasteiger partial charge in [0.25, 0.3) is 0 Å². The number of thioether (sulfide) groups is 1. The summed E-state index contributed by atoms with van der Waals surface area (Å²) in [6.45, 7) is 2.80. The molecule has 2 aromatic carbocycles. The minimum Gasteiger partial charge on any atom is -0.317 e. The molecule has 3 nitrogen and oxygen atoms in total. The van der Waals surface area contributed by atoms with Crippen LogP contribution >= 0.6 is 46.3 Å². The van der Waals surface area contributed by atoms with Crippen molar-refractivity contribution >= 4 is 62.4 Å². The molecule has 1 aromatic heterocycles. The van der Waals surface area contributed by atoms with Crippen molar-refractivity contribution < 1.29 is 4.79 Å². The first kappa shape index (κ1) is 18.5. The highest BCUT2D eigenvalue weighted by Crippen LogP contribution is 2.22. The Hall–Kier alpha value is -1.27. The molecule has 0 fully saturated rings. The molecule has 0 N–H and O–H groups in total. The molecule has 0 unspecified atom stereocenters. The number of carbonyl (C=O) groups is 1. The lowest BCUT2D eigenvalue weighted by atomic mass is 10.3. The Bertz CT molecular complexity index is 961. The normalized spacial score (nSPS) is 12.0. The first-order valence-electron chi connectivity index (χ1n) is 7.81. The van der Waals surface area contributed by atoms with Crippen LogP contribution in [0.5, 0.6) is 0 Å². The Labute approximate surface area is 164 Å². The predicted octanol–water partition coefficient (Wildman–Crippen LogP) is 5.64. The second-order valence-corrected chi connectivity index (χ2v) is 8.35. The van der Waals surface area contributed by atoms with E-state index in [1.807, 2.05) is 54.0 Å². The van der Waals surface area contributed by atoms with Crippen LogP contribution in [0.25, 0.3) is 10.2 Å². The molecule has 130 valence electrons. The van der Waals surface area contributed by atoms with Crippen LogP contribution in [0.15, 0.2) is 52.4 Å². The molecule has 0 radical (unpaired) electrons. The number of benzene rings is 2. The van der Waals surface area contributed by atoms with Crippen molar-refractivity contribution in [2.45, 2.75) is 24.8 Å². The van der Waals surface area contributed by atoms with Crippen molar-refractivity contribution in [2.75, 3.05) is 5.75 Å². The van der Waals surface area contributed by atoms with E-state index < -0.39 is 0 Å². The Balaban J connectivity index is 1.72. The molecular formula is C18H16Cl2N2OS2. The van der Waals surface area contributed by atoms with Gasteiger partial charge in [-0.2, -0.15) is 4.99 Å². The van der Waals surface area contributed by atoms with Gasteiger partial charge in [0.2, 0.25) is 5.91 Å². The van der Waals surface area contributed by atoms with Crippen molar-refractivity contribution in [3.8, 4) is 0 Å². The number of hydrogen-bond donors (Lipinski definition) is 0. The lowest BCUT2D eigenvalue weighted by Crippen LogP contribution is -2.15. The number of rotatable bonds is 5. The number of halogens is 2. The SMILES string of the molecule is CCn1c(=NC(=O)CCSc2ccc(Cl)cc2)sc2cc(Cl)ccc21. The lowest BCUT2D eigenvalue weighted by molar-refractivity contribution is -0.117. The van der Waals surface area contributed by atoms with Gasteiger partial charge in [0.1, 0.15) is 0 Å². The molecule has 3 rings (SSSR count). The van der Waals surface area contributed by atoms with Crippen LogP contribution in [0.1, 0.15) is 13.3 Å². The van der Waals surface area contributed by atoms with Crippen molar-refractivity contribution in [1.29, 1.82) is 0 Å². The molecule has 0 saturated carbocycles. The summed E-state index contributed by atoms with van der Waals surface area (Å²) in [6.07, 6.45) is 0.395. The van der Waals surface area contributed by atoms with Gasteiger partial charge in [-0.3, -0.25) is 4.79 Å². The second kappa shape index (κ2) is 8.41. The van der Waals surface area contributed by atoms with Gasteiger partial charge in [0.05, 0.1) is 10.2 Å². The maximum Gasteiger partial charge on any atom is 0.249 e. The molecular weight excluding hydrogens is 395 g/mol. The highest BCUT2D eigenvalue weighted by molar-refractivity contribution is 7.99. The topological polar surface area (TPSA) is 34.4 Å². The molecule has 3 aromatic rings. The zero-order valence-corrected chi connectivity index (χ0v) is 16.7. The summed E-state index contributed by atoms with van der Waals surface area (Å²) in [6, 6.07) is 13.3. The largest absolute Gasteiger partial charge is 0.317 e. The first-order valence-corrected chi connectivity index (χ1v) is 10.4. The molecule has 7 heteroatoms. The van der Waals surface area contributed by atoms with Crippen molar-refractivity contribution in [2.24, 2.45) is 4.99 Å². The number of thiazole rings is 1. The smallest absolute Gasteiger partial charge is 0.249 e. The van der Waals surface area contributed by atoms with Gasteiger partial charge >= 0.3 is 0 Å². The molecule has 0 atom stereocenters.